The molecule has 2 atom stereocenters. The highest BCUT2D eigenvalue weighted by atomic mass is 79.9. The predicted molar refractivity (Wildman–Crippen MR) is 117 cm³/mol. The van der Waals surface area contributed by atoms with Crippen LogP contribution in [-0.4, -0.2) is 34.8 Å². The van der Waals surface area contributed by atoms with E-state index in [-0.39, 0.29) is 33.8 Å². The number of anilines is 1. The van der Waals surface area contributed by atoms with Crippen molar-refractivity contribution in [2.45, 2.75) is 56.2 Å². The van der Waals surface area contributed by atoms with Crippen LogP contribution in [-0.2, 0) is 14.3 Å². The summed E-state index contributed by atoms with van der Waals surface area (Å²) in [5, 5.41) is 13.7. The molecule has 31 heavy (non-hydrogen) atoms. The number of hydrogen-bond acceptors (Lipinski definition) is 6. The molecule has 8 nitrogen and oxygen atoms in total. The van der Waals surface area contributed by atoms with Gasteiger partial charge in [0, 0.05) is 22.1 Å². The number of carbonyl (C=O) groups excluding carboxylic acids is 2. The number of rotatable bonds is 7. The Labute approximate surface area is 189 Å². The fourth-order valence-electron chi connectivity index (χ4n) is 6.35. The van der Waals surface area contributed by atoms with E-state index in [1.165, 1.54) is 38.5 Å². The van der Waals surface area contributed by atoms with Crippen molar-refractivity contribution in [3.05, 3.63) is 27.8 Å². The van der Waals surface area contributed by atoms with Crippen LogP contribution < -0.4 is 10.1 Å². The largest absolute Gasteiger partial charge is 0.490 e. The monoisotopic (exact) mass is 494 g/mol. The van der Waals surface area contributed by atoms with E-state index in [0.717, 1.165) is 19.3 Å². The highest BCUT2D eigenvalue weighted by molar-refractivity contribution is 9.10. The number of methoxy groups -OCH3 is 1. The Morgan fingerprint density at radius 2 is 1.94 bits per heavy atom. The maximum absolute atomic E-state index is 12.6. The first-order valence-electron chi connectivity index (χ1n) is 10.6. The quantitative estimate of drug-likeness (QED) is 0.258. The van der Waals surface area contributed by atoms with E-state index in [4.69, 9.17) is 9.47 Å². The van der Waals surface area contributed by atoms with Crippen LogP contribution in [0.4, 0.5) is 11.4 Å². The molecule has 1 aromatic rings. The minimum Gasteiger partial charge on any atom is -0.490 e. The minimum absolute atomic E-state index is 0.0105. The summed E-state index contributed by atoms with van der Waals surface area (Å²) in [7, 11) is 1.33. The number of halogens is 1. The molecule has 0 spiro atoms. The van der Waals surface area contributed by atoms with Gasteiger partial charge in [-0.1, -0.05) is 15.9 Å². The summed E-state index contributed by atoms with van der Waals surface area (Å²) < 4.78 is 10.5. The fourth-order valence-corrected chi connectivity index (χ4v) is 7.86. The molecular formula is C22H27BrN2O6. The third kappa shape index (κ3) is 4.56. The highest BCUT2D eigenvalue weighted by Crippen LogP contribution is 2.65. The summed E-state index contributed by atoms with van der Waals surface area (Å²) in [4.78, 5) is 35.5. The van der Waals surface area contributed by atoms with Crippen molar-refractivity contribution >= 4 is 39.2 Å². The zero-order chi connectivity index (χ0) is 22.4. The summed E-state index contributed by atoms with van der Waals surface area (Å²) in [6.07, 6.45) is 7.15. The average Bonchev–Trinajstić information content (AvgIpc) is 2.65. The van der Waals surface area contributed by atoms with Crippen LogP contribution >= 0.6 is 15.9 Å². The number of esters is 1. The van der Waals surface area contributed by atoms with Gasteiger partial charge in [-0.25, -0.2) is 0 Å². The Balaban J connectivity index is 1.33. The van der Waals surface area contributed by atoms with Gasteiger partial charge in [0.05, 0.1) is 18.5 Å². The van der Waals surface area contributed by atoms with Crippen LogP contribution in [0.3, 0.4) is 0 Å². The van der Waals surface area contributed by atoms with Crippen LogP contribution in [0.1, 0.15) is 50.5 Å². The third-order valence-corrected chi connectivity index (χ3v) is 7.92. The molecule has 5 rings (SSSR count). The van der Waals surface area contributed by atoms with E-state index < -0.39 is 10.8 Å². The molecule has 1 amide bonds. The molecule has 0 radical (unpaired) electrons. The smallest absolute Gasteiger partial charge is 0.311 e. The summed E-state index contributed by atoms with van der Waals surface area (Å²) in [5.41, 5.74) is 0.711. The zero-order valence-electron chi connectivity index (χ0n) is 17.7. The normalized spacial score (nSPS) is 30.7. The van der Waals surface area contributed by atoms with Crippen LogP contribution in [0.15, 0.2) is 12.1 Å². The van der Waals surface area contributed by atoms with Crippen LogP contribution in [0.5, 0.6) is 5.75 Å². The molecule has 4 aliphatic rings. The molecular weight excluding hydrogens is 468 g/mol. The van der Waals surface area contributed by atoms with Crippen LogP contribution in [0, 0.1) is 34.3 Å². The number of alkyl halides is 1. The first-order valence-corrected chi connectivity index (χ1v) is 11.4. The summed E-state index contributed by atoms with van der Waals surface area (Å²) in [5.74, 6) is 0.572. The van der Waals surface area contributed by atoms with Crippen molar-refractivity contribution in [3.63, 3.8) is 0 Å². The number of nitrogens with zero attached hydrogens (tertiary/aromatic N) is 1. The van der Waals surface area contributed by atoms with Crippen molar-refractivity contribution in [1.82, 2.24) is 0 Å². The van der Waals surface area contributed by atoms with Gasteiger partial charge in [-0.3, -0.25) is 19.7 Å². The lowest BCUT2D eigenvalue weighted by molar-refractivity contribution is -0.385. The molecule has 0 aromatic heterocycles. The lowest BCUT2D eigenvalue weighted by Gasteiger charge is -2.60. The van der Waals surface area contributed by atoms with Gasteiger partial charge in [-0.15, -0.1) is 0 Å². The second kappa shape index (κ2) is 8.07. The second-order valence-corrected chi connectivity index (χ2v) is 11.3. The van der Waals surface area contributed by atoms with Crippen LogP contribution in [0.2, 0.25) is 0 Å². The molecule has 4 fully saturated rings. The molecule has 0 aliphatic heterocycles. The second-order valence-electron chi connectivity index (χ2n) is 9.59. The summed E-state index contributed by atoms with van der Waals surface area (Å²) in [6.45, 7) is 1.26. The number of nitrogens with one attached hydrogen (secondary N) is 1. The number of benzene rings is 1. The van der Waals surface area contributed by atoms with Gasteiger partial charge < -0.3 is 14.8 Å². The minimum atomic E-state index is -0.541. The molecule has 4 saturated carbocycles. The topological polar surface area (TPSA) is 108 Å². The summed E-state index contributed by atoms with van der Waals surface area (Å²) in [6, 6.07) is 2.74. The Kier molecular flexibility index (Phi) is 5.74. The predicted octanol–water partition coefficient (Wildman–Crippen LogP) is 4.52. The molecule has 1 N–H and O–H groups in total. The van der Waals surface area contributed by atoms with E-state index >= 15 is 0 Å². The first kappa shape index (κ1) is 22.0. The number of aryl methyl sites for hydroxylation is 1. The number of nitro benzene ring substituents is 1. The van der Waals surface area contributed by atoms with Gasteiger partial charge in [-0.05, 0) is 68.3 Å². The fraction of sp³-hybridized carbons (Fsp3) is 0.636. The molecule has 1 aromatic carbocycles. The Morgan fingerprint density at radius 3 is 2.52 bits per heavy atom. The van der Waals surface area contributed by atoms with Gasteiger partial charge in [0.15, 0.2) is 12.4 Å². The van der Waals surface area contributed by atoms with Gasteiger partial charge in [-0.2, -0.15) is 0 Å². The number of amides is 1. The highest BCUT2D eigenvalue weighted by Gasteiger charge is 2.57. The van der Waals surface area contributed by atoms with Gasteiger partial charge in [0.2, 0.25) is 0 Å². The summed E-state index contributed by atoms with van der Waals surface area (Å²) >= 11 is 3.95. The standard InChI is InChI=1S/C22H27BrN2O6/c1-13-3-17(25(28)29)18(30-2)5-16(13)24-19(26)11-31-20(27)10-21-6-14-4-15(7-21)9-22(23,8-14)12-21/h3,5,14-15H,4,6-12H2,1-2H3,(H,24,26)/t14-,15-,21?,22?/m1/s1. The lowest BCUT2D eigenvalue weighted by atomic mass is 9.49. The Bertz CT molecular complexity index is 919. The molecule has 0 heterocycles. The molecule has 0 unspecified atom stereocenters. The Morgan fingerprint density at radius 1 is 1.26 bits per heavy atom. The molecule has 0 saturated heterocycles. The van der Waals surface area contributed by atoms with Crippen LogP contribution in [0.25, 0.3) is 0 Å². The lowest BCUT2D eigenvalue weighted by Crippen LogP contribution is -2.53. The maximum atomic E-state index is 12.6. The number of carbonyl (C=O) groups is 2. The van der Waals surface area contributed by atoms with E-state index in [1.54, 1.807) is 6.92 Å². The van der Waals surface area contributed by atoms with Gasteiger partial charge in [0.1, 0.15) is 0 Å². The van der Waals surface area contributed by atoms with E-state index in [0.29, 0.717) is 29.5 Å². The van der Waals surface area contributed by atoms with Crippen molar-refractivity contribution in [3.8, 4) is 5.75 Å². The maximum Gasteiger partial charge on any atom is 0.311 e. The van der Waals surface area contributed by atoms with E-state index in [2.05, 4.69) is 21.2 Å². The number of hydrogen-bond donors (Lipinski definition) is 1. The zero-order valence-corrected chi connectivity index (χ0v) is 19.3. The van der Waals surface area contributed by atoms with Gasteiger partial charge >= 0.3 is 11.7 Å². The number of nitro groups is 1. The number of ether oxygens (including phenoxy) is 2. The van der Waals surface area contributed by atoms with Crippen molar-refractivity contribution in [2.75, 3.05) is 19.0 Å². The van der Waals surface area contributed by atoms with Crippen molar-refractivity contribution < 1.29 is 24.0 Å². The molecule has 4 bridgehead atoms. The van der Waals surface area contributed by atoms with Crippen molar-refractivity contribution in [1.29, 1.82) is 0 Å². The molecule has 9 heteroatoms. The van der Waals surface area contributed by atoms with Crippen molar-refractivity contribution in [2.24, 2.45) is 17.3 Å². The first-order chi connectivity index (χ1) is 14.6. The third-order valence-electron chi connectivity index (χ3n) is 6.99. The Hall–Kier alpha value is -2.16. The van der Waals surface area contributed by atoms with E-state index in [9.17, 15) is 19.7 Å². The average molecular weight is 495 g/mol. The molecule has 4 aliphatic carbocycles. The van der Waals surface area contributed by atoms with Gasteiger partial charge in [0.25, 0.3) is 5.91 Å². The molecule has 168 valence electrons. The SMILES string of the molecule is COc1cc(NC(=O)COC(=O)CC23C[C@H]4C[C@@H](CC(Br)(C4)C2)C3)c(C)cc1[N+](=O)[O-]. The van der Waals surface area contributed by atoms with E-state index in [1.807, 2.05) is 0 Å².